The maximum Gasteiger partial charge on any atom is 0.335 e. The van der Waals surface area contributed by atoms with Crippen molar-refractivity contribution >= 4 is 21.9 Å². The fraction of sp³-hybridized carbons (Fsp3) is 0.444. The number of hydrogen-bond donors (Lipinski definition) is 1. The SMILES string of the molecule is CCOC1=C(C(=O)O)CCC(Br)=C1. The van der Waals surface area contributed by atoms with E-state index in [1.165, 1.54) is 0 Å². The first-order valence-electron chi connectivity index (χ1n) is 4.10. The number of halogens is 1. The largest absolute Gasteiger partial charge is 0.493 e. The quantitative estimate of drug-likeness (QED) is 0.833. The molecule has 1 N–H and O–H groups in total. The standard InChI is InChI=1S/C9H11BrO3/c1-2-13-8-5-6(10)3-4-7(8)9(11)12/h5H,2-4H2,1H3,(H,11,12). The molecule has 1 aliphatic carbocycles. The van der Waals surface area contributed by atoms with Gasteiger partial charge in [0.15, 0.2) is 0 Å². The minimum absolute atomic E-state index is 0.366. The van der Waals surface area contributed by atoms with Crippen LogP contribution in [0.1, 0.15) is 19.8 Å². The maximum atomic E-state index is 10.8. The van der Waals surface area contributed by atoms with Crippen LogP contribution in [-0.4, -0.2) is 17.7 Å². The van der Waals surface area contributed by atoms with E-state index in [-0.39, 0.29) is 0 Å². The van der Waals surface area contributed by atoms with E-state index in [0.29, 0.717) is 24.4 Å². The second kappa shape index (κ2) is 4.46. The van der Waals surface area contributed by atoms with Gasteiger partial charge in [-0.2, -0.15) is 0 Å². The number of aliphatic carboxylic acids is 1. The summed E-state index contributed by atoms with van der Waals surface area (Å²) >= 11 is 3.33. The first kappa shape index (κ1) is 10.3. The molecule has 0 amide bonds. The molecular formula is C9H11BrO3. The number of carboxylic acid groups (broad SMARTS) is 1. The molecule has 1 rings (SSSR count). The van der Waals surface area contributed by atoms with Crippen LogP contribution in [-0.2, 0) is 9.53 Å². The molecule has 1 aliphatic rings. The van der Waals surface area contributed by atoms with E-state index in [4.69, 9.17) is 9.84 Å². The Hall–Kier alpha value is -0.770. The van der Waals surface area contributed by atoms with Crippen LogP contribution < -0.4 is 0 Å². The van der Waals surface area contributed by atoms with Crippen molar-refractivity contribution in [3.05, 3.63) is 21.9 Å². The van der Waals surface area contributed by atoms with Crippen molar-refractivity contribution in [2.24, 2.45) is 0 Å². The van der Waals surface area contributed by atoms with Gasteiger partial charge in [0.05, 0.1) is 12.2 Å². The van der Waals surface area contributed by atoms with Crippen LogP contribution in [0.15, 0.2) is 21.9 Å². The molecule has 0 aliphatic heterocycles. The molecule has 0 saturated carbocycles. The Balaban J connectivity index is 2.94. The average Bonchev–Trinajstić information content (AvgIpc) is 2.04. The van der Waals surface area contributed by atoms with Crippen molar-refractivity contribution in [3.8, 4) is 0 Å². The van der Waals surface area contributed by atoms with Crippen LogP contribution in [0, 0.1) is 0 Å². The maximum absolute atomic E-state index is 10.8. The van der Waals surface area contributed by atoms with Crippen LogP contribution in [0.5, 0.6) is 0 Å². The molecule has 0 spiro atoms. The summed E-state index contributed by atoms with van der Waals surface area (Å²) in [5, 5.41) is 8.84. The summed E-state index contributed by atoms with van der Waals surface area (Å²) in [4.78, 5) is 10.8. The molecule has 0 fully saturated rings. The fourth-order valence-corrected chi connectivity index (χ4v) is 1.57. The third kappa shape index (κ3) is 2.59. The van der Waals surface area contributed by atoms with Crippen molar-refractivity contribution in [2.45, 2.75) is 19.8 Å². The third-order valence-electron chi connectivity index (χ3n) is 1.76. The molecular weight excluding hydrogens is 236 g/mol. The van der Waals surface area contributed by atoms with Crippen LogP contribution >= 0.6 is 15.9 Å². The Labute approximate surface area is 85.2 Å². The Kier molecular flexibility index (Phi) is 3.54. The summed E-state index contributed by atoms with van der Waals surface area (Å²) in [5.74, 6) is -0.409. The topological polar surface area (TPSA) is 46.5 Å². The first-order valence-corrected chi connectivity index (χ1v) is 4.89. The van der Waals surface area contributed by atoms with E-state index in [0.717, 1.165) is 10.9 Å². The molecule has 0 unspecified atom stereocenters. The molecule has 0 aromatic carbocycles. The molecule has 0 heterocycles. The molecule has 0 aromatic rings. The van der Waals surface area contributed by atoms with Gasteiger partial charge in [-0.25, -0.2) is 4.79 Å². The van der Waals surface area contributed by atoms with Crippen molar-refractivity contribution < 1.29 is 14.6 Å². The Bertz CT molecular complexity index is 279. The summed E-state index contributed by atoms with van der Waals surface area (Å²) in [6.07, 6.45) is 3.00. The van der Waals surface area contributed by atoms with E-state index in [1.54, 1.807) is 6.08 Å². The van der Waals surface area contributed by atoms with Crippen LogP contribution in [0.4, 0.5) is 0 Å². The minimum Gasteiger partial charge on any atom is -0.493 e. The lowest BCUT2D eigenvalue weighted by atomic mass is 10.0. The average molecular weight is 247 g/mol. The van der Waals surface area contributed by atoms with Crippen LogP contribution in [0.3, 0.4) is 0 Å². The van der Waals surface area contributed by atoms with E-state index < -0.39 is 5.97 Å². The van der Waals surface area contributed by atoms with Crippen molar-refractivity contribution in [2.75, 3.05) is 6.61 Å². The lowest BCUT2D eigenvalue weighted by Crippen LogP contribution is -2.09. The van der Waals surface area contributed by atoms with Gasteiger partial charge in [-0.3, -0.25) is 0 Å². The number of carboxylic acids is 1. The van der Waals surface area contributed by atoms with Crippen LogP contribution in [0.25, 0.3) is 0 Å². The second-order valence-electron chi connectivity index (χ2n) is 2.67. The van der Waals surface area contributed by atoms with Gasteiger partial charge in [0.1, 0.15) is 5.76 Å². The van der Waals surface area contributed by atoms with Gasteiger partial charge < -0.3 is 9.84 Å². The summed E-state index contributed by atoms with van der Waals surface area (Å²) in [6.45, 7) is 2.33. The number of carbonyl (C=O) groups is 1. The van der Waals surface area contributed by atoms with Crippen molar-refractivity contribution in [1.29, 1.82) is 0 Å². The van der Waals surface area contributed by atoms with E-state index in [9.17, 15) is 4.79 Å². The van der Waals surface area contributed by atoms with E-state index >= 15 is 0 Å². The van der Waals surface area contributed by atoms with Gasteiger partial charge in [0, 0.05) is 0 Å². The highest BCUT2D eigenvalue weighted by atomic mass is 79.9. The lowest BCUT2D eigenvalue weighted by molar-refractivity contribution is -0.133. The van der Waals surface area contributed by atoms with E-state index in [2.05, 4.69) is 15.9 Å². The van der Waals surface area contributed by atoms with Crippen molar-refractivity contribution in [1.82, 2.24) is 0 Å². The predicted octanol–water partition coefficient (Wildman–Crippen LogP) is 2.43. The highest BCUT2D eigenvalue weighted by Crippen LogP contribution is 2.27. The Morgan fingerprint density at radius 2 is 2.38 bits per heavy atom. The molecule has 0 radical (unpaired) electrons. The Morgan fingerprint density at radius 1 is 1.69 bits per heavy atom. The number of allylic oxidation sites excluding steroid dienone is 2. The molecule has 0 aromatic heterocycles. The van der Waals surface area contributed by atoms with E-state index in [1.807, 2.05) is 6.92 Å². The number of hydrogen-bond acceptors (Lipinski definition) is 2. The van der Waals surface area contributed by atoms with Gasteiger partial charge in [0.25, 0.3) is 0 Å². The first-order chi connectivity index (χ1) is 6.15. The molecule has 0 atom stereocenters. The molecule has 0 saturated heterocycles. The summed E-state index contributed by atoms with van der Waals surface area (Å²) in [6, 6.07) is 0. The van der Waals surface area contributed by atoms with Gasteiger partial charge in [-0.05, 0) is 30.3 Å². The molecule has 13 heavy (non-hydrogen) atoms. The summed E-state index contributed by atoms with van der Waals surface area (Å²) < 4.78 is 6.21. The summed E-state index contributed by atoms with van der Waals surface area (Å²) in [5.41, 5.74) is 0.366. The molecule has 4 heteroatoms. The van der Waals surface area contributed by atoms with Gasteiger partial charge in [0.2, 0.25) is 0 Å². The molecule has 72 valence electrons. The fourth-order valence-electron chi connectivity index (χ4n) is 1.17. The van der Waals surface area contributed by atoms with Gasteiger partial charge in [-0.15, -0.1) is 0 Å². The smallest absolute Gasteiger partial charge is 0.335 e. The monoisotopic (exact) mass is 246 g/mol. The number of rotatable bonds is 3. The van der Waals surface area contributed by atoms with Crippen LogP contribution in [0.2, 0.25) is 0 Å². The van der Waals surface area contributed by atoms with Gasteiger partial charge >= 0.3 is 5.97 Å². The summed E-state index contributed by atoms with van der Waals surface area (Å²) in [7, 11) is 0. The van der Waals surface area contributed by atoms with Gasteiger partial charge in [-0.1, -0.05) is 15.9 Å². The highest BCUT2D eigenvalue weighted by Gasteiger charge is 2.18. The predicted molar refractivity (Wildman–Crippen MR) is 52.5 cm³/mol. The highest BCUT2D eigenvalue weighted by molar-refractivity contribution is 9.11. The zero-order chi connectivity index (χ0) is 9.84. The lowest BCUT2D eigenvalue weighted by Gasteiger charge is -2.14. The normalized spacial score (nSPS) is 16.9. The van der Waals surface area contributed by atoms with Crippen molar-refractivity contribution in [3.63, 3.8) is 0 Å². The minimum atomic E-state index is -0.889. The zero-order valence-corrected chi connectivity index (χ0v) is 8.93. The molecule has 0 bridgehead atoms. The zero-order valence-electron chi connectivity index (χ0n) is 7.34. The number of ether oxygens (including phenoxy) is 1. The third-order valence-corrected chi connectivity index (χ3v) is 2.38. The second-order valence-corrected chi connectivity index (χ2v) is 3.69. The Morgan fingerprint density at radius 3 is 2.92 bits per heavy atom. The molecule has 3 nitrogen and oxygen atoms in total.